The van der Waals surface area contributed by atoms with Crippen LogP contribution in [0.15, 0.2) is 60.0 Å². The van der Waals surface area contributed by atoms with Crippen LogP contribution in [0.4, 0.5) is 5.69 Å². The second kappa shape index (κ2) is 7.09. The summed E-state index contributed by atoms with van der Waals surface area (Å²) >= 11 is 0. The molecule has 1 aromatic carbocycles. The van der Waals surface area contributed by atoms with E-state index in [4.69, 9.17) is 9.47 Å². The summed E-state index contributed by atoms with van der Waals surface area (Å²) in [5.74, 6) is -1.39. The fourth-order valence-corrected chi connectivity index (χ4v) is 2.13. The van der Waals surface area contributed by atoms with Crippen LogP contribution in [0.25, 0.3) is 0 Å². The van der Waals surface area contributed by atoms with Crippen molar-refractivity contribution in [2.45, 2.75) is 0 Å². The van der Waals surface area contributed by atoms with E-state index in [1.807, 2.05) is 0 Å². The maximum Gasteiger partial charge on any atom is 0.355 e. The van der Waals surface area contributed by atoms with E-state index in [0.29, 0.717) is 11.3 Å². The first-order valence-electron chi connectivity index (χ1n) is 6.68. The number of benzene rings is 1. The fourth-order valence-electron chi connectivity index (χ4n) is 2.13. The van der Waals surface area contributed by atoms with Gasteiger partial charge in [-0.25, -0.2) is 9.59 Å². The minimum atomic E-state index is -0.714. The first-order chi connectivity index (χ1) is 11.1. The third-order valence-corrected chi connectivity index (χ3v) is 3.17. The molecule has 0 unspecified atom stereocenters. The molecular formula is C17H14N2O4. The zero-order chi connectivity index (χ0) is 16.8. The summed E-state index contributed by atoms with van der Waals surface area (Å²) < 4.78 is 9.53. The van der Waals surface area contributed by atoms with E-state index in [-0.39, 0.29) is 11.3 Å². The number of rotatable bonds is 3. The molecule has 0 amide bonds. The van der Waals surface area contributed by atoms with Crippen molar-refractivity contribution < 1.29 is 19.1 Å². The molecule has 0 N–H and O–H groups in total. The number of methoxy groups -OCH3 is 2. The van der Waals surface area contributed by atoms with Gasteiger partial charge in [-0.15, -0.1) is 0 Å². The normalized spacial score (nSPS) is 13.3. The molecule has 0 saturated carbocycles. The molecule has 1 aliphatic rings. The van der Waals surface area contributed by atoms with Crippen molar-refractivity contribution in [1.29, 1.82) is 5.26 Å². The molecule has 116 valence electrons. The Labute approximate surface area is 133 Å². The third kappa shape index (κ3) is 3.14. The van der Waals surface area contributed by atoms with E-state index < -0.39 is 11.9 Å². The van der Waals surface area contributed by atoms with Crippen molar-refractivity contribution in [2.75, 3.05) is 19.1 Å². The van der Waals surface area contributed by atoms with Gasteiger partial charge in [-0.3, -0.25) is 0 Å². The van der Waals surface area contributed by atoms with Gasteiger partial charge in [0, 0.05) is 6.20 Å². The Balaban J connectivity index is 2.72. The molecule has 0 aromatic heterocycles. The van der Waals surface area contributed by atoms with Crippen LogP contribution in [0.1, 0.15) is 5.56 Å². The lowest BCUT2D eigenvalue weighted by Gasteiger charge is -2.23. The Bertz CT molecular complexity index is 769. The number of esters is 2. The van der Waals surface area contributed by atoms with Crippen molar-refractivity contribution in [2.24, 2.45) is 0 Å². The number of ether oxygens (including phenoxy) is 2. The van der Waals surface area contributed by atoms with Crippen molar-refractivity contribution in [3.63, 3.8) is 0 Å². The molecule has 23 heavy (non-hydrogen) atoms. The van der Waals surface area contributed by atoms with Crippen molar-refractivity contribution in [3.8, 4) is 6.07 Å². The summed E-state index contributed by atoms with van der Waals surface area (Å²) in [5, 5.41) is 9.28. The SMILES string of the molecule is COC(=O)C1=C(C(=O)OC)N(c2ccccc2C#N)C=CC=C1. The molecular weight excluding hydrogens is 296 g/mol. The van der Waals surface area contributed by atoms with Gasteiger partial charge in [-0.2, -0.15) is 5.26 Å². The lowest BCUT2D eigenvalue weighted by molar-refractivity contribution is -0.139. The van der Waals surface area contributed by atoms with Gasteiger partial charge in [-0.1, -0.05) is 18.2 Å². The molecule has 0 aliphatic carbocycles. The first-order valence-corrected chi connectivity index (χ1v) is 6.68. The molecule has 0 fully saturated rings. The maximum atomic E-state index is 12.3. The van der Waals surface area contributed by atoms with Gasteiger partial charge in [0.15, 0.2) is 0 Å². The van der Waals surface area contributed by atoms with Crippen LogP contribution in [0, 0.1) is 11.3 Å². The standard InChI is InChI=1S/C17H14N2O4/c1-22-16(20)13-8-5-6-10-19(15(13)17(21)23-2)14-9-4-3-7-12(14)11-18/h3-10H,1-2H3. The molecule has 6 nitrogen and oxygen atoms in total. The summed E-state index contributed by atoms with van der Waals surface area (Å²) in [6, 6.07) is 8.80. The van der Waals surface area contributed by atoms with Crippen LogP contribution in [-0.4, -0.2) is 26.2 Å². The van der Waals surface area contributed by atoms with E-state index >= 15 is 0 Å². The van der Waals surface area contributed by atoms with Crippen molar-refractivity contribution in [3.05, 3.63) is 65.5 Å². The van der Waals surface area contributed by atoms with E-state index in [1.165, 1.54) is 25.2 Å². The summed E-state index contributed by atoms with van der Waals surface area (Å²) in [6.07, 6.45) is 6.29. The molecule has 2 rings (SSSR count). The smallest absolute Gasteiger partial charge is 0.355 e. The van der Waals surface area contributed by atoms with Crippen molar-refractivity contribution >= 4 is 17.6 Å². The third-order valence-electron chi connectivity index (χ3n) is 3.17. The maximum absolute atomic E-state index is 12.3. The number of nitriles is 1. The first kappa shape index (κ1) is 16.0. The molecule has 6 heteroatoms. The van der Waals surface area contributed by atoms with Gasteiger partial charge in [-0.05, 0) is 24.3 Å². The van der Waals surface area contributed by atoms with Crippen molar-refractivity contribution in [1.82, 2.24) is 0 Å². The van der Waals surface area contributed by atoms with Crippen LogP contribution in [0.3, 0.4) is 0 Å². The van der Waals surface area contributed by atoms with Gasteiger partial charge < -0.3 is 14.4 Å². The van der Waals surface area contributed by atoms with Crippen LogP contribution < -0.4 is 4.90 Å². The number of hydrogen-bond acceptors (Lipinski definition) is 6. The summed E-state index contributed by atoms with van der Waals surface area (Å²) in [5.41, 5.74) is 0.825. The van der Waals surface area contributed by atoms with Gasteiger partial charge in [0.1, 0.15) is 11.8 Å². The predicted molar refractivity (Wildman–Crippen MR) is 83.0 cm³/mol. The molecule has 1 aromatic rings. The predicted octanol–water partition coefficient (Wildman–Crippen LogP) is 2.05. The highest BCUT2D eigenvalue weighted by Crippen LogP contribution is 2.28. The van der Waals surface area contributed by atoms with Gasteiger partial charge in [0.2, 0.25) is 0 Å². The molecule has 1 heterocycles. The zero-order valence-corrected chi connectivity index (χ0v) is 12.6. The van der Waals surface area contributed by atoms with E-state index in [2.05, 4.69) is 6.07 Å². The topological polar surface area (TPSA) is 79.6 Å². The molecule has 0 bridgehead atoms. The average Bonchev–Trinajstić information content (AvgIpc) is 2.83. The Morgan fingerprint density at radius 1 is 1.09 bits per heavy atom. The average molecular weight is 310 g/mol. The Hall–Kier alpha value is -3.33. The van der Waals surface area contributed by atoms with Crippen LogP contribution in [0.5, 0.6) is 0 Å². The number of carbonyl (C=O) groups is 2. The summed E-state index contributed by atoms with van der Waals surface area (Å²) in [6.45, 7) is 0. The molecule has 0 atom stereocenters. The number of nitrogens with zero attached hydrogens (tertiary/aromatic N) is 2. The lowest BCUT2D eigenvalue weighted by atomic mass is 10.1. The van der Waals surface area contributed by atoms with Crippen LogP contribution >= 0.6 is 0 Å². The van der Waals surface area contributed by atoms with Gasteiger partial charge >= 0.3 is 11.9 Å². The van der Waals surface area contributed by atoms with Gasteiger partial charge in [0.05, 0.1) is 31.0 Å². The number of hydrogen-bond donors (Lipinski definition) is 0. The number of allylic oxidation sites excluding steroid dienone is 2. The Morgan fingerprint density at radius 3 is 2.43 bits per heavy atom. The molecule has 0 radical (unpaired) electrons. The minimum absolute atomic E-state index is 0.0212. The second-order valence-electron chi connectivity index (χ2n) is 4.45. The highest BCUT2D eigenvalue weighted by molar-refractivity contribution is 6.05. The highest BCUT2D eigenvalue weighted by atomic mass is 16.5. The summed E-state index contributed by atoms with van der Waals surface area (Å²) in [7, 11) is 2.45. The Morgan fingerprint density at radius 2 is 1.78 bits per heavy atom. The highest BCUT2D eigenvalue weighted by Gasteiger charge is 2.28. The number of carbonyl (C=O) groups excluding carboxylic acids is 2. The summed E-state index contributed by atoms with van der Waals surface area (Å²) in [4.78, 5) is 25.7. The quantitative estimate of drug-likeness (QED) is 0.795. The monoisotopic (exact) mass is 310 g/mol. The zero-order valence-electron chi connectivity index (χ0n) is 12.6. The second-order valence-corrected chi connectivity index (χ2v) is 4.45. The fraction of sp³-hybridized carbons (Fsp3) is 0.118. The van der Waals surface area contributed by atoms with E-state index in [1.54, 1.807) is 42.6 Å². The molecule has 0 spiro atoms. The van der Waals surface area contributed by atoms with E-state index in [0.717, 1.165) is 0 Å². The lowest BCUT2D eigenvalue weighted by Crippen LogP contribution is -2.27. The molecule has 1 aliphatic heterocycles. The van der Waals surface area contributed by atoms with E-state index in [9.17, 15) is 14.9 Å². The molecule has 0 saturated heterocycles. The minimum Gasteiger partial charge on any atom is -0.465 e. The van der Waals surface area contributed by atoms with Crippen LogP contribution in [-0.2, 0) is 19.1 Å². The largest absolute Gasteiger partial charge is 0.465 e. The van der Waals surface area contributed by atoms with Gasteiger partial charge in [0.25, 0.3) is 0 Å². The number of anilines is 1. The number of para-hydroxylation sites is 1. The van der Waals surface area contributed by atoms with Crippen LogP contribution in [0.2, 0.25) is 0 Å². The Kier molecular flexibility index (Phi) is 4.95.